The van der Waals surface area contributed by atoms with E-state index in [0.29, 0.717) is 10.1 Å². The van der Waals surface area contributed by atoms with Gasteiger partial charge in [-0.05, 0) is 67.6 Å². The molecule has 0 N–H and O–H groups in total. The molecule has 0 spiro atoms. The van der Waals surface area contributed by atoms with E-state index in [4.69, 9.17) is 14.2 Å². The van der Waals surface area contributed by atoms with Crippen molar-refractivity contribution in [2.45, 2.75) is 11.8 Å². The van der Waals surface area contributed by atoms with Crippen molar-refractivity contribution in [2.24, 2.45) is 0 Å². The van der Waals surface area contributed by atoms with Crippen molar-refractivity contribution < 1.29 is 32.2 Å². The lowest BCUT2D eigenvalue weighted by Crippen LogP contribution is -2.39. The van der Waals surface area contributed by atoms with Gasteiger partial charge in [-0.15, -0.1) is 0 Å². The molecule has 9 heteroatoms. The van der Waals surface area contributed by atoms with E-state index in [-0.39, 0.29) is 22.1 Å². The molecule has 1 amide bonds. The zero-order chi connectivity index (χ0) is 25.5. The van der Waals surface area contributed by atoms with E-state index in [1.807, 2.05) is 6.92 Å². The Morgan fingerprint density at radius 1 is 0.611 bits per heavy atom. The van der Waals surface area contributed by atoms with Crippen LogP contribution in [0.5, 0.6) is 17.2 Å². The maximum atomic E-state index is 13.5. The van der Waals surface area contributed by atoms with Crippen molar-refractivity contribution in [3.05, 3.63) is 115 Å². The molecule has 4 rings (SSSR count). The summed E-state index contributed by atoms with van der Waals surface area (Å²) in [6.45, 7) is 1.82. The number of carbonyl (C=O) groups excluding carboxylic acids is 2. The van der Waals surface area contributed by atoms with Gasteiger partial charge >= 0.3 is 12.2 Å². The lowest BCUT2D eigenvalue weighted by Gasteiger charge is -2.22. The van der Waals surface area contributed by atoms with Gasteiger partial charge in [0, 0.05) is 0 Å². The summed E-state index contributed by atoms with van der Waals surface area (Å²) in [5.41, 5.74) is 0.844. The highest BCUT2D eigenvalue weighted by Crippen LogP contribution is 2.28. The number of anilines is 1. The van der Waals surface area contributed by atoms with E-state index in [9.17, 15) is 18.0 Å². The summed E-state index contributed by atoms with van der Waals surface area (Å²) in [6.07, 6.45) is -2.10. The molecule has 0 aromatic heterocycles. The highest BCUT2D eigenvalue weighted by Gasteiger charge is 2.33. The van der Waals surface area contributed by atoms with Crippen molar-refractivity contribution in [1.82, 2.24) is 0 Å². The Labute approximate surface area is 208 Å². The number of ether oxygens (including phenoxy) is 3. The van der Waals surface area contributed by atoms with Gasteiger partial charge in [-0.3, -0.25) is 0 Å². The van der Waals surface area contributed by atoms with Crippen molar-refractivity contribution >= 4 is 28.0 Å². The van der Waals surface area contributed by atoms with Crippen molar-refractivity contribution in [3.63, 3.8) is 0 Å². The van der Waals surface area contributed by atoms with Gasteiger partial charge in [-0.2, -0.15) is 4.31 Å². The molecule has 0 saturated carbocycles. The Bertz CT molecular complexity index is 1440. The van der Waals surface area contributed by atoms with Crippen LogP contribution in [-0.2, 0) is 10.0 Å². The topological polar surface area (TPSA) is 99.2 Å². The molecule has 36 heavy (non-hydrogen) atoms. The monoisotopic (exact) mass is 503 g/mol. The number of carbonyl (C=O) groups is 2. The predicted molar refractivity (Wildman–Crippen MR) is 133 cm³/mol. The Hall–Kier alpha value is -4.63. The van der Waals surface area contributed by atoms with Crippen molar-refractivity contribution in [2.75, 3.05) is 4.31 Å². The van der Waals surface area contributed by atoms with Crippen LogP contribution in [0.25, 0.3) is 0 Å². The molecule has 0 bridgehead atoms. The summed E-state index contributed by atoms with van der Waals surface area (Å²) in [5, 5.41) is 0. The molecule has 0 atom stereocenters. The fourth-order valence-corrected chi connectivity index (χ4v) is 4.46. The minimum atomic E-state index is -4.34. The zero-order valence-corrected chi connectivity index (χ0v) is 19.9. The third-order valence-electron chi connectivity index (χ3n) is 4.89. The van der Waals surface area contributed by atoms with Crippen LogP contribution in [0.15, 0.2) is 114 Å². The average molecular weight is 504 g/mol. The van der Waals surface area contributed by atoms with Gasteiger partial charge in [0.15, 0.2) is 0 Å². The first-order valence-corrected chi connectivity index (χ1v) is 12.2. The molecule has 4 aromatic carbocycles. The molecule has 0 aliphatic carbocycles. The summed E-state index contributed by atoms with van der Waals surface area (Å²) < 4.78 is 43.0. The van der Waals surface area contributed by atoms with Crippen LogP contribution in [0, 0.1) is 6.92 Å². The SMILES string of the molecule is Cc1ccc(S(=O)(=O)N(C(=O)Oc2ccccc2)c2ccc(OC(=O)Oc3ccccc3)cc2)cc1. The van der Waals surface area contributed by atoms with Crippen LogP contribution in [0.4, 0.5) is 15.3 Å². The standard InChI is InChI=1S/C27H21NO7S/c1-20-12-18-25(19-13-20)36(31,32)28(26(29)33-22-8-4-2-5-9-22)21-14-16-24(17-15-21)35-27(30)34-23-10-6-3-7-11-23/h2-19H,1H3. The number of rotatable bonds is 6. The summed E-state index contributed by atoms with van der Waals surface area (Å²) in [4.78, 5) is 25.1. The highest BCUT2D eigenvalue weighted by molar-refractivity contribution is 7.93. The quantitative estimate of drug-likeness (QED) is 0.236. The van der Waals surface area contributed by atoms with Crippen LogP contribution in [0.2, 0.25) is 0 Å². The minimum Gasteiger partial charge on any atom is -0.409 e. The van der Waals surface area contributed by atoms with Gasteiger partial charge in [0.2, 0.25) is 0 Å². The predicted octanol–water partition coefficient (Wildman–Crippen LogP) is 5.97. The Kier molecular flexibility index (Phi) is 7.31. The van der Waals surface area contributed by atoms with Gasteiger partial charge in [0.1, 0.15) is 17.2 Å². The third kappa shape index (κ3) is 5.89. The fraction of sp³-hybridized carbons (Fsp3) is 0.0370. The minimum absolute atomic E-state index is 0.0136. The molecule has 0 unspecified atom stereocenters. The molecule has 0 saturated heterocycles. The summed E-state index contributed by atoms with van der Waals surface area (Å²) in [5.74, 6) is 0.567. The van der Waals surface area contributed by atoms with Crippen LogP contribution < -0.4 is 18.5 Å². The summed E-state index contributed by atoms with van der Waals surface area (Å²) >= 11 is 0. The van der Waals surface area contributed by atoms with E-state index in [1.54, 1.807) is 60.7 Å². The maximum Gasteiger partial charge on any atom is 0.519 e. The first-order chi connectivity index (χ1) is 17.3. The second-order valence-corrected chi connectivity index (χ2v) is 9.31. The van der Waals surface area contributed by atoms with Gasteiger partial charge in [0.05, 0.1) is 10.6 Å². The molecule has 182 valence electrons. The van der Waals surface area contributed by atoms with Gasteiger partial charge in [0.25, 0.3) is 10.0 Å². The summed E-state index contributed by atoms with van der Waals surface area (Å²) in [6, 6.07) is 27.9. The Balaban J connectivity index is 1.60. The van der Waals surface area contributed by atoms with E-state index < -0.39 is 22.3 Å². The zero-order valence-electron chi connectivity index (χ0n) is 19.1. The molecule has 4 aromatic rings. The number of amides is 1. The number of sulfonamides is 1. The number of aryl methyl sites for hydroxylation is 1. The molecule has 8 nitrogen and oxygen atoms in total. The molecular formula is C27H21NO7S. The molecule has 0 aliphatic rings. The fourth-order valence-electron chi connectivity index (χ4n) is 3.14. The van der Waals surface area contributed by atoms with Crippen LogP contribution >= 0.6 is 0 Å². The second kappa shape index (κ2) is 10.7. The first kappa shape index (κ1) is 24.5. The largest absolute Gasteiger partial charge is 0.519 e. The third-order valence-corrected chi connectivity index (χ3v) is 6.60. The number of para-hydroxylation sites is 2. The molecule has 0 heterocycles. The lowest BCUT2D eigenvalue weighted by atomic mass is 10.2. The Morgan fingerprint density at radius 2 is 1.08 bits per heavy atom. The van der Waals surface area contributed by atoms with E-state index >= 15 is 0 Å². The lowest BCUT2D eigenvalue weighted by molar-refractivity contribution is 0.152. The Morgan fingerprint density at radius 3 is 1.61 bits per heavy atom. The number of nitrogens with zero attached hydrogens (tertiary/aromatic N) is 1. The molecule has 0 fully saturated rings. The normalized spacial score (nSPS) is 10.8. The van der Waals surface area contributed by atoms with Crippen molar-refractivity contribution in [3.8, 4) is 17.2 Å². The maximum absolute atomic E-state index is 13.5. The van der Waals surface area contributed by atoms with E-state index in [0.717, 1.165) is 5.56 Å². The molecule has 0 radical (unpaired) electrons. The highest BCUT2D eigenvalue weighted by atomic mass is 32.2. The van der Waals surface area contributed by atoms with Crippen LogP contribution in [0.1, 0.15) is 5.56 Å². The molecular weight excluding hydrogens is 482 g/mol. The number of benzene rings is 4. The second-order valence-electron chi connectivity index (χ2n) is 7.52. The molecule has 0 aliphatic heterocycles. The van der Waals surface area contributed by atoms with E-state index in [1.165, 1.54) is 48.5 Å². The number of hydrogen-bond acceptors (Lipinski definition) is 7. The average Bonchev–Trinajstić information content (AvgIpc) is 2.86. The van der Waals surface area contributed by atoms with Gasteiger partial charge in [-0.25, -0.2) is 18.0 Å². The van der Waals surface area contributed by atoms with E-state index in [2.05, 4.69) is 0 Å². The smallest absolute Gasteiger partial charge is 0.409 e. The van der Waals surface area contributed by atoms with Gasteiger partial charge in [-0.1, -0.05) is 54.1 Å². The number of hydrogen-bond donors (Lipinski definition) is 0. The summed E-state index contributed by atoms with van der Waals surface area (Å²) in [7, 11) is -4.34. The van der Waals surface area contributed by atoms with Crippen LogP contribution in [0.3, 0.4) is 0 Å². The van der Waals surface area contributed by atoms with Gasteiger partial charge < -0.3 is 14.2 Å². The first-order valence-electron chi connectivity index (χ1n) is 10.8. The van der Waals surface area contributed by atoms with Crippen LogP contribution in [-0.4, -0.2) is 20.7 Å². The van der Waals surface area contributed by atoms with Crippen molar-refractivity contribution in [1.29, 1.82) is 0 Å².